The van der Waals surface area contributed by atoms with Gasteiger partial charge in [-0.15, -0.1) is 11.3 Å². The van der Waals surface area contributed by atoms with Gasteiger partial charge in [-0.1, -0.05) is 30.3 Å². The van der Waals surface area contributed by atoms with E-state index in [1.807, 2.05) is 29.8 Å². The van der Waals surface area contributed by atoms with Crippen LogP contribution in [0.3, 0.4) is 0 Å². The maximum Gasteiger partial charge on any atom is 0.408 e. The van der Waals surface area contributed by atoms with Crippen molar-refractivity contribution in [1.29, 1.82) is 0 Å². The number of thiazole rings is 1. The highest BCUT2D eigenvalue weighted by Crippen LogP contribution is 2.15. The van der Waals surface area contributed by atoms with Crippen LogP contribution in [-0.2, 0) is 22.5 Å². The van der Waals surface area contributed by atoms with Gasteiger partial charge in [0, 0.05) is 11.8 Å². The molecule has 2 N–H and O–H groups in total. The quantitative estimate of drug-likeness (QED) is 0.622. The number of ether oxygens (including phenoxy) is 1. The van der Waals surface area contributed by atoms with E-state index in [1.165, 1.54) is 5.56 Å². The zero-order valence-electron chi connectivity index (χ0n) is 17.4. The van der Waals surface area contributed by atoms with Gasteiger partial charge in [0.15, 0.2) is 0 Å². The Morgan fingerprint density at radius 1 is 1.24 bits per heavy atom. The summed E-state index contributed by atoms with van der Waals surface area (Å²) in [6.07, 6.45) is 2.68. The van der Waals surface area contributed by atoms with E-state index in [4.69, 9.17) is 4.74 Å². The number of alkyl carbamates (subject to hydrolysis) is 1. The number of nitrogens with zero attached hydrogens (tertiary/aromatic N) is 1. The fraction of sp³-hybridized carbons (Fsp3) is 0.476. The molecule has 0 radical (unpaired) electrons. The Balaban J connectivity index is 1.89. The van der Waals surface area contributed by atoms with Gasteiger partial charge in [0.1, 0.15) is 11.6 Å². The fourth-order valence-electron chi connectivity index (χ4n) is 2.54. The van der Waals surface area contributed by atoms with Gasteiger partial charge in [-0.2, -0.15) is 11.8 Å². The van der Waals surface area contributed by atoms with Gasteiger partial charge in [-0.05, 0) is 44.8 Å². The number of carbonyl (C=O) groups is 2. The lowest BCUT2D eigenvalue weighted by Crippen LogP contribution is -2.48. The van der Waals surface area contributed by atoms with Crippen molar-refractivity contribution in [3.63, 3.8) is 0 Å². The monoisotopic (exact) mass is 435 g/mol. The van der Waals surface area contributed by atoms with Gasteiger partial charge in [0.05, 0.1) is 17.2 Å². The first-order valence-electron chi connectivity index (χ1n) is 9.50. The highest BCUT2D eigenvalue weighted by atomic mass is 32.2. The molecule has 158 valence electrons. The number of thioether (sulfide) groups is 1. The second-order valence-electron chi connectivity index (χ2n) is 7.59. The van der Waals surface area contributed by atoms with E-state index in [1.54, 1.807) is 43.9 Å². The maximum atomic E-state index is 12.6. The molecule has 1 heterocycles. The molecule has 2 aromatic rings. The van der Waals surface area contributed by atoms with Crippen LogP contribution in [0.5, 0.6) is 0 Å². The first-order chi connectivity index (χ1) is 13.8. The number of rotatable bonds is 9. The van der Waals surface area contributed by atoms with Crippen molar-refractivity contribution >= 4 is 35.1 Å². The topological polar surface area (TPSA) is 80.3 Å². The molecule has 0 fully saturated rings. The first-order valence-corrected chi connectivity index (χ1v) is 11.8. The third kappa shape index (κ3) is 8.87. The summed E-state index contributed by atoms with van der Waals surface area (Å²) < 4.78 is 5.27. The van der Waals surface area contributed by atoms with Crippen LogP contribution in [0.15, 0.2) is 35.7 Å². The second kappa shape index (κ2) is 11.2. The van der Waals surface area contributed by atoms with E-state index >= 15 is 0 Å². The van der Waals surface area contributed by atoms with E-state index in [2.05, 4.69) is 27.8 Å². The standard InChI is InChI=1S/C21H29N3O3S2/c1-21(2,3)27-20(26)24-17(10-11-28-4)19(25)22-13-16-14-29-18(23-16)12-15-8-6-5-7-9-15/h5-9,14,17H,10-13H2,1-4H3,(H,22,25)(H,24,26). The van der Waals surface area contributed by atoms with Crippen LogP contribution < -0.4 is 10.6 Å². The van der Waals surface area contributed by atoms with Crippen molar-refractivity contribution in [2.24, 2.45) is 0 Å². The van der Waals surface area contributed by atoms with E-state index in [9.17, 15) is 9.59 Å². The van der Waals surface area contributed by atoms with E-state index in [0.29, 0.717) is 13.0 Å². The van der Waals surface area contributed by atoms with Crippen molar-refractivity contribution in [3.8, 4) is 0 Å². The van der Waals surface area contributed by atoms with Crippen LogP contribution in [0.1, 0.15) is 43.5 Å². The molecule has 0 saturated heterocycles. The molecule has 0 aliphatic heterocycles. The van der Waals surface area contributed by atoms with Crippen LogP contribution in [0.25, 0.3) is 0 Å². The summed E-state index contributed by atoms with van der Waals surface area (Å²) in [5.74, 6) is 0.522. The Kier molecular flexibility index (Phi) is 8.98. The number of hydrogen-bond donors (Lipinski definition) is 2. The van der Waals surface area contributed by atoms with Gasteiger partial charge in [0.25, 0.3) is 0 Å². The third-order valence-corrected chi connectivity index (χ3v) is 5.40. The van der Waals surface area contributed by atoms with Crippen LogP contribution in [0, 0.1) is 0 Å². The minimum Gasteiger partial charge on any atom is -0.444 e. The summed E-state index contributed by atoms with van der Waals surface area (Å²) in [5, 5.41) is 8.52. The van der Waals surface area contributed by atoms with Crippen LogP contribution in [-0.4, -0.2) is 40.6 Å². The van der Waals surface area contributed by atoms with Gasteiger partial charge in [-0.3, -0.25) is 4.79 Å². The highest BCUT2D eigenvalue weighted by Gasteiger charge is 2.24. The summed E-state index contributed by atoms with van der Waals surface area (Å²) in [5.41, 5.74) is 1.41. The van der Waals surface area contributed by atoms with Crippen LogP contribution >= 0.6 is 23.1 Å². The van der Waals surface area contributed by atoms with Crippen molar-refractivity contribution in [2.45, 2.75) is 51.8 Å². The van der Waals surface area contributed by atoms with Gasteiger partial charge in [-0.25, -0.2) is 9.78 Å². The van der Waals surface area contributed by atoms with Gasteiger partial charge < -0.3 is 15.4 Å². The highest BCUT2D eigenvalue weighted by molar-refractivity contribution is 7.98. The third-order valence-electron chi connectivity index (χ3n) is 3.86. The van der Waals surface area contributed by atoms with E-state index in [0.717, 1.165) is 22.9 Å². The molecule has 29 heavy (non-hydrogen) atoms. The van der Waals surface area contributed by atoms with Crippen molar-refractivity contribution < 1.29 is 14.3 Å². The SMILES string of the molecule is CSCCC(NC(=O)OC(C)(C)C)C(=O)NCc1csc(Cc2ccccc2)n1. The normalized spacial score (nSPS) is 12.3. The first kappa shape index (κ1) is 23.2. The molecular formula is C21H29N3O3S2. The lowest BCUT2D eigenvalue weighted by atomic mass is 10.2. The Morgan fingerprint density at radius 2 is 1.97 bits per heavy atom. The molecule has 0 spiro atoms. The second-order valence-corrected chi connectivity index (χ2v) is 9.52. The Hall–Kier alpha value is -2.06. The van der Waals surface area contributed by atoms with Gasteiger partial charge >= 0.3 is 6.09 Å². The molecule has 1 unspecified atom stereocenters. The molecule has 2 amide bonds. The predicted molar refractivity (Wildman–Crippen MR) is 119 cm³/mol. The smallest absolute Gasteiger partial charge is 0.408 e. The molecular weight excluding hydrogens is 406 g/mol. The molecule has 1 aromatic heterocycles. The molecule has 2 rings (SSSR count). The number of amides is 2. The average molecular weight is 436 g/mol. The lowest BCUT2D eigenvalue weighted by molar-refractivity contribution is -0.123. The number of nitrogens with one attached hydrogen (secondary N) is 2. The van der Waals surface area contributed by atoms with Crippen molar-refractivity contribution in [3.05, 3.63) is 52.0 Å². The number of benzene rings is 1. The molecule has 0 aliphatic rings. The predicted octanol–water partition coefficient (Wildman–Crippen LogP) is 4.00. The average Bonchev–Trinajstić information content (AvgIpc) is 3.10. The number of carbonyl (C=O) groups excluding carboxylic acids is 2. The molecule has 0 saturated carbocycles. The van der Waals surface area contributed by atoms with Crippen LogP contribution in [0.4, 0.5) is 4.79 Å². The minimum absolute atomic E-state index is 0.234. The maximum absolute atomic E-state index is 12.6. The Labute approximate surface area is 180 Å². The van der Waals surface area contributed by atoms with Crippen molar-refractivity contribution in [1.82, 2.24) is 15.6 Å². The molecule has 0 aliphatic carbocycles. The minimum atomic E-state index is -0.639. The molecule has 0 bridgehead atoms. The summed E-state index contributed by atoms with van der Waals surface area (Å²) >= 11 is 3.20. The summed E-state index contributed by atoms with van der Waals surface area (Å²) in [6.45, 7) is 5.70. The number of aromatic nitrogens is 1. The molecule has 1 atom stereocenters. The Morgan fingerprint density at radius 3 is 2.62 bits per heavy atom. The largest absolute Gasteiger partial charge is 0.444 e. The number of hydrogen-bond acceptors (Lipinski definition) is 6. The Bertz CT molecular complexity index is 788. The van der Waals surface area contributed by atoms with Crippen LogP contribution in [0.2, 0.25) is 0 Å². The molecule has 1 aromatic carbocycles. The van der Waals surface area contributed by atoms with E-state index < -0.39 is 17.7 Å². The van der Waals surface area contributed by atoms with Gasteiger partial charge in [0.2, 0.25) is 5.91 Å². The van der Waals surface area contributed by atoms with E-state index in [-0.39, 0.29) is 5.91 Å². The zero-order valence-corrected chi connectivity index (χ0v) is 19.0. The fourth-order valence-corrected chi connectivity index (χ4v) is 3.84. The molecule has 8 heteroatoms. The summed E-state index contributed by atoms with van der Waals surface area (Å²) in [4.78, 5) is 29.3. The summed E-state index contributed by atoms with van der Waals surface area (Å²) in [6, 6.07) is 9.51. The lowest BCUT2D eigenvalue weighted by Gasteiger charge is -2.23. The van der Waals surface area contributed by atoms with Crippen molar-refractivity contribution in [2.75, 3.05) is 12.0 Å². The zero-order chi connectivity index (χ0) is 21.3. The summed E-state index contributed by atoms with van der Waals surface area (Å²) in [7, 11) is 0. The molecule has 6 nitrogen and oxygen atoms in total.